The first kappa shape index (κ1) is 14.4. The summed E-state index contributed by atoms with van der Waals surface area (Å²) in [6.45, 7) is 4.12. The van der Waals surface area contributed by atoms with E-state index in [1.54, 1.807) is 17.8 Å². The van der Waals surface area contributed by atoms with Gasteiger partial charge in [0.15, 0.2) is 0 Å². The Morgan fingerprint density at radius 3 is 2.57 bits per heavy atom. The molecule has 1 amide bonds. The number of fused-ring (bicyclic) bond motifs is 1. The van der Waals surface area contributed by atoms with Crippen molar-refractivity contribution >= 4 is 45.1 Å². The first-order chi connectivity index (χ1) is 9.95. The third-order valence-electron chi connectivity index (χ3n) is 3.33. The van der Waals surface area contributed by atoms with Crippen molar-refractivity contribution in [2.75, 3.05) is 5.32 Å². The molecule has 1 heterocycles. The van der Waals surface area contributed by atoms with Crippen molar-refractivity contribution in [3.63, 3.8) is 0 Å². The molecule has 0 spiro atoms. The van der Waals surface area contributed by atoms with Gasteiger partial charge in [0.1, 0.15) is 0 Å². The Morgan fingerprint density at radius 2 is 1.81 bits per heavy atom. The van der Waals surface area contributed by atoms with Gasteiger partial charge in [0, 0.05) is 14.3 Å². The Kier molecular flexibility index (Phi) is 3.63. The van der Waals surface area contributed by atoms with Gasteiger partial charge in [-0.05, 0) is 59.1 Å². The quantitative estimate of drug-likeness (QED) is 0.808. The van der Waals surface area contributed by atoms with Gasteiger partial charge >= 0.3 is 0 Å². The van der Waals surface area contributed by atoms with Crippen LogP contribution in [0.2, 0.25) is 0 Å². The molecule has 1 aliphatic rings. The summed E-state index contributed by atoms with van der Waals surface area (Å²) in [5, 5.41) is 2.60. The van der Waals surface area contributed by atoms with Crippen LogP contribution in [0.5, 0.6) is 0 Å². The molecular weight excluding hydrogens is 350 g/mol. The minimum Gasteiger partial charge on any atom is -0.318 e. The Labute approximate surface area is 135 Å². The Bertz CT molecular complexity index is 786. The zero-order valence-electron chi connectivity index (χ0n) is 11.5. The third-order valence-corrected chi connectivity index (χ3v) is 5.47. The summed E-state index contributed by atoms with van der Waals surface area (Å²) in [7, 11) is 0. The van der Waals surface area contributed by atoms with E-state index in [9.17, 15) is 9.59 Å². The predicted molar refractivity (Wildman–Crippen MR) is 87.1 cm³/mol. The fraction of sp³-hybridized carbons (Fsp3) is 0.125. The SMILES string of the molecule is Cc1ccc(C)c(Sc2cc3c(cc2Br)C(=O)C(=O)N3)c1. The van der Waals surface area contributed by atoms with Crippen LogP contribution in [-0.4, -0.2) is 11.7 Å². The van der Waals surface area contributed by atoms with Gasteiger partial charge in [0.25, 0.3) is 11.7 Å². The Morgan fingerprint density at radius 1 is 1.05 bits per heavy atom. The van der Waals surface area contributed by atoms with Crippen LogP contribution in [0.3, 0.4) is 0 Å². The molecule has 106 valence electrons. The summed E-state index contributed by atoms with van der Waals surface area (Å²) in [5.74, 6) is -1.04. The second-order valence-corrected chi connectivity index (χ2v) is 6.92. The number of ketones is 1. The summed E-state index contributed by atoms with van der Waals surface area (Å²) < 4.78 is 0.817. The number of carbonyl (C=O) groups is 2. The van der Waals surface area contributed by atoms with Gasteiger partial charge in [-0.25, -0.2) is 0 Å². The van der Waals surface area contributed by atoms with Crippen molar-refractivity contribution < 1.29 is 9.59 Å². The number of benzene rings is 2. The lowest BCUT2D eigenvalue weighted by Crippen LogP contribution is -2.12. The normalized spacial score (nSPS) is 13.3. The van der Waals surface area contributed by atoms with Crippen LogP contribution in [0, 0.1) is 13.8 Å². The van der Waals surface area contributed by atoms with Gasteiger partial charge < -0.3 is 5.32 Å². The van der Waals surface area contributed by atoms with E-state index in [2.05, 4.69) is 53.3 Å². The number of nitrogens with one attached hydrogen (secondary N) is 1. The summed E-state index contributed by atoms with van der Waals surface area (Å²) in [5.41, 5.74) is 3.40. The molecule has 1 aliphatic heterocycles. The van der Waals surface area contributed by atoms with E-state index in [1.807, 2.05) is 6.07 Å². The Hall–Kier alpha value is -1.59. The fourth-order valence-electron chi connectivity index (χ4n) is 2.16. The van der Waals surface area contributed by atoms with Gasteiger partial charge in [-0.3, -0.25) is 9.59 Å². The molecule has 0 atom stereocenters. The van der Waals surface area contributed by atoms with Gasteiger partial charge in [-0.1, -0.05) is 23.9 Å². The van der Waals surface area contributed by atoms with Crippen molar-refractivity contribution in [2.24, 2.45) is 0 Å². The van der Waals surface area contributed by atoms with Crippen molar-refractivity contribution in [2.45, 2.75) is 23.6 Å². The second kappa shape index (κ2) is 5.31. The number of carbonyl (C=O) groups excluding carboxylic acids is 2. The van der Waals surface area contributed by atoms with E-state index in [0.717, 1.165) is 14.3 Å². The number of halogens is 1. The minimum absolute atomic E-state index is 0.428. The zero-order valence-corrected chi connectivity index (χ0v) is 13.9. The molecule has 3 nitrogen and oxygen atoms in total. The average molecular weight is 362 g/mol. The first-order valence-electron chi connectivity index (χ1n) is 6.40. The highest BCUT2D eigenvalue weighted by Gasteiger charge is 2.29. The van der Waals surface area contributed by atoms with Gasteiger partial charge in [-0.2, -0.15) is 0 Å². The Balaban J connectivity index is 2.01. The summed E-state index contributed by atoms with van der Waals surface area (Å²) in [6.07, 6.45) is 0. The topological polar surface area (TPSA) is 46.2 Å². The molecule has 21 heavy (non-hydrogen) atoms. The monoisotopic (exact) mass is 361 g/mol. The van der Waals surface area contributed by atoms with Crippen molar-refractivity contribution in [3.8, 4) is 0 Å². The van der Waals surface area contributed by atoms with Crippen LogP contribution in [0.25, 0.3) is 0 Å². The smallest absolute Gasteiger partial charge is 0.296 e. The van der Waals surface area contributed by atoms with Crippen LogP contribution in [-0.2, 0) is 4.79 Å². The largest absolute Gasteiger partial charge is 0.318 e. The maximum atomic E-state index is 11.7. The molecule has 3 rings (SSSR count). The number of anilines is 1. The van der Waals surface area contributed by atoms with Crippen LogP contribution < -0.4 is 5.32 Å². The van der Waals surface area contributed by atoms with Crippen molar-refractivity contribution in [1.82, 2.24) is 0 Å². The molecule has 0 saturated heterocycles. The standard InChI is InChI=1S/C16H12BrNO2S/c1-8-3-4-9(2)13(5-8)21-14-7-12-10(6-11(14)17)15(19)16(20)18-12/h3-7H,1-2H3,(H,18,19,20). The highest BCUT2D eigenvalue weighted by molar-refractivity contribution is 9.10. The fourth-order valence-corrected chi connectivity index (χ4v) is 3.79. The number of rotatable bonds is 2. The van der Waals surface area contributed by atoms with E-state index in [1.165, 1.54) is 11.1 Å². The highest BCUT2D eigenvalue weighted by Crippen LogP contribution is 2.39. The van der Waals surface area contributed by atoms with E-state index in [0.29, 0.717) is 11.3 Å². The van der Waals surface area contributed by atoms with Crippen LogP contribution in [0.15, 0.2) is 44.6 Å². The molecule has 0 aromatic heterocycles. The van der Waals surface area contributed by atoms with Gasteiger partial charge in [-0.15, -0.1) is 0 Å². The molecule has 0 saturated carbocycles. The van der Waals surface area contributed by atoms with E-state index < -0.39 is 11.7 Å². The zero-order chi connectivity index (χ0) is 15.1. The molecule has 0 unspecified atom stereocenters. The van der Waals surface area contributed by atoms with Gasteiger partial charge in [0.2, 0.25) is 0 Å². The lowest BCUT2D eigenvalue weighted by atomic mass is 10.1. The minimum atomic E-state index is -0.564. The molecule has 0 aliphatic carbocycles. The van der Waals surface area contributed by atoms with E-state index in [4.69, 9.17) is 0 Å². The molecule has 1 N–H and O–H groups in total. The molecule has 0 radical (unpaired) electrons. The lowest BCUT2D eigenvalue weighted by molar-refractivity contribution is -0.112. The second-order valence-electron chi connectivity index (χ2n) is 4.98. The van der Waals surface area contributed by atoms with Crippen molar-refractivity contribution in [3.05, 3.63) is 51.5 Å². The molecular formula is C16H12BrNO2S. The molecule has 0 fully saturated rings. The van der Waals surface area contributed by atoms with Crippen LogP contribution in [0.4, 0.5) is 5.69 Å². The van der Waals surface area contributed by atoms with E-state index >= 15 is 0 Å². The summed E-state index contributed by atoms with van der Waals surface area (Å²) in [4.78, 5) is 25.2. The van der Waals surface area contributed by atoms with Crippen molar-refractivity contribution in [1.29, 1.82) is 0 Å². The van der Waals surface area contributed by atoms with E-state index in [-0.39, 0.29) is 0 Å². The molecule has 0 bridgehead atoms. The summed E-state index contributed by atoms with van der Waals surface area (Å²) >= 11 is 5.10. The van der Waals surface area contributed by atoms with Crippen LogP contribution in [0.1, 0.15) is 21.5 Å². The van der Waals surface area contributed by atoms with Gasteiger partial charge in [0.05, 0.1) is 11.3 Å². The number of hydrogen-bond acceptors (Lipinski definition) is 3. The highest BCUT2D eigenvalue weighted by atomic mass is 79.9. The number of hydrogen-bond donors (Lipinski definition) is 1. The molecule has 2 aromatic carbocycles. The number of aryl methyl sites for hydroxylation is 2. The third kappa shape index (κ3) is 2.63. The average Bonchev–Trinajstić information content (AvgIpc) is 2.70. The summed E-state index contributed by atoms with van der Waals surface area (Å²) in [6, 6.07) is 9.85. The lowest BCUT2D eigenvalue weighted by Gasteiger charge is -2.10. The molecule has 2 aromatic rings. The number of amides is 1. The molecule has 5 heteroatoms. The maximum absolute atomic E-state index is 11.7. The predicted octanol–water partition coefficient (Wildman–Crippen LogP) is 4.35. The first-order valence-corrected chi connectivity index (χ1v) is 8.01. The van der Waals surface area contributed by atoms with Crippen LogP contribution >= 0.6 is 27.7 Å². The maximum Gasteiger partial charge on any atom is 0.296 e. The number of Topliss-reactive ketones (excluding diaryl/α,β-unsaturated/α-hetero) is 1.